The lowest BCUT2D eigenvalue weighted by Crippen LogP contribution is -2.42. The van der Waals surface area contributed by atoms with Crippen LogP contribution in [0.3, 0.4) is 0 Å². The Bertz CT molecular complexity index is 1200. The van der Waals surface area contributed by atoms with E-state index in [-0.39, 0.29) is 42.9 Å². The Morgan fingerprint density at radius 2 is 2.00 bits per heavy atom. The number of halogens is 3. The van der Waals surface area contributed by atoms with Gasteiger partial charge in [-0.25, -0.2) is 18.2 Å². The molecule has 0 saturated heterocycles. The Morgan fingerprint density at radius 1 is 1.14 bits per heavy atom. The summed E-state index contributed by atoms with van der Waals surface area (Å²) in [7, 11) is 0. The highest BCUT2D eigenvalue weighted by Gasteiger charge is 2.43. The van der Waals surface area contributed by atoms with E-state index in [4.69, 9.17) is 0 Å². The largest absolute Gasteiger partial charge is 0.368 e. The Balaban J connectivity index is 1.16. The lowest BCUT2D eigenvalue weighted by Gasteiger charge is -2.41. The predicted molar refractivity (Wildman–Crippen MR) is 125 cm³/mol. The fourth-order valence-electron chi connectivity index (χ4n) is 4.68. The summed E-state index contributed by atoms with van der Waals surface area (Å²) in [5.41, 5.74) is 0.740. The summed E-state index contributed by atoms with van der Waals surface area (Å²) < 4.78 is 41.0. The first-order valence-corrected chi connectivity index (χ1v) is 12.4. The van der Waals surface area contributed by atoms with Crippen molar-refractivity contribution in [3.63, 3.8) is 0 Å². The molecule has 0 spiro atoms. The van der Waals surface area contributed by atoms with Gasteiger partial charge < -0.3 is 10.6 Å². The van der Waals surface area contributed by atoms with Crippen LogP contribution in [0, 0.1) is 11.7 Å². The van der Waals surface area contributed by atoms with Crippen molar-refractivity contribution in [2.24, 2.45) is 5.92 Å². The van der Waals surface area contributed by atoms with Gasteiger partial charge in [-0.3, -0.25) is 9.78 Å². The van der Waals surface area contributed by atoms with E-state index >= 15 is 0 Å². The number of carbonyl (C=O) groups excluding carboxylic acids is 1. The minimum atomic E-state index is -2.74. The van der Waals surface area contributed by atoms with Gasteiger partial charge in [0.1, 0.15) is 22.3 Å². The summed E-state index contributed by atoms with van der Waals surface area (Å²) in [6, 6.07) is 6.63. The number of hydrogen-bond acceptors (Lipinski definition) is 7. The lowest BCUT2D eigenvalue weighted by atomic mass is 9.66. The van der Waals surface area contributed by atoms with Crippen LogP contribution in [0.5, 0.6) is 0 Å². The second-order valence-corrected chi connectivity index (χ2v) is 10.4. The molecule has 0 aromatic carbocycles. The standard InChI is InChI=1S/C24H25F3N6OS/c25-17-3-1-10-28-20(17)23(7-2-8-23)14-31-19-5-4-18(32-33-19)22-30-13-16(35-22)12-29-21(34)15-6-9-24(26,27)11-15/h1,3-5,10,13,15H,2,6-9,11-12,14H2,(H,29,34)(H,31,33). The van der Waals surface area contributed by atoms with Crippen LogP contribution in [-0.2, 0) is 16.8 Å². The van der Waals surface area contributed by atoms with Gasteiger partial charge in [0.25, 0.3) is 0 Å². The van der Waals surface area contributed by atoms with E-state index in [9.17, 15) is 18.0 Å². The van der Waals surface area contributed by atoms with Gasteiger partial charge in [0.05, 0.1) is 12.2 Å². The predicted octanol–water partition coefficient (Wildman–Crippen LogP) is 4.72. The molecule has 2 N–H and O–H groups in total. The fraction of sp³-hybridized carbons (Fsp3) is 0.458. The first-order chi connectivity index (χ1) is 16.8. The van der Waals surface area contributed by atoms with Crippen LogP contribution < -0.4 is 10.6 Å². The smallest absolute Gasteiger partial charge is 0.248 e. The molecule has 3 aromatic heterocycles. The zero-order valence-electron chi connectivity index (χ0n) is 18.9. The zero-order chi connectivity index (χ0) is 24.5. The number of rotatable bonds is 8. The zero-order valence-corrected chi connectivity index (χ0v) is 19.8. The monoisotopic (exact) mass is 502 g/mol. The molecular formula is C24H25F3N6OS. The van der Waals surface area contributed by atoms with E-state index in [2.05, 4.69) is 30.8 Å². The second-order valence-electron chi connectivity index (χ2n) is 9.27. The van der Waals surface area contributed by atoms with Crippen molar-refractivity contribution >= 4 is 23.1 Å². The van der Waals surface area contributed by atoms with Crippen molar-refractivity contribution in [3.05, 3.63) is 53.0 Å². The van der Waals surface area contributed by atoms with Crippen LogP contribution in [0.1, 0.15) is 49.1 Å². The number of carbonyl (C=O) groups is 1. The molecule has 7 nitrogen and oxygen atoms in total. The number of pyridine rings is 1. The molecule has 0 aliphatic heterocycles. The number of nitrogens with one attached hydrogen (secondary N) is 2. The quantitative estimate of drug-likeness (QED) is 0.463. The van der Waals surface area contributed by atoms with E-state index in [1.807, 2.05) is 0 Å². The van der Waals surface area contributed by atoms with E-state index in [0.717, 1.165) is 24.1 Å². The highest BCUT2D eigenvalue weighted by Crippen LogP contribution is 2.43. The van der Waals surface area contributed by atoms with Crippen LogP contribution in [-0.4, -0.2) is 38.5 Å². The second kappa shape index (κ2) is 9.52. The van der Waals surface area contributed by atoms with Gasteiger partial charge in [-0.05, 0) is 43.5 Å². The first-order valence-electron chi connectivity index (χ1n) is 11.6. The van der Waals surface area contributed by atoms with Crippen LogP contribution in [0.25, 0.3) is 10.7 Å². The van der Waals surface area contributed by atoms with Crippen LogP contribution >= 0.6 is 11.3 Å². The van der Waals surface area contributed by atoms with Crippen molar-refractivity contribution in [3.8, 4) is 10.7 Å². The summed E-state index contributed by atoms with van der Waals surface area (Å²) in [6.45, 7) is 0.751. The van der Waals surface area contributed by atoms with Crippen LogP contribution in [0.15, 0.2) is 36.7 Å². The molecule has 2 aliphatic carbocycles. The molecule has 5 rings (SSSR count). The third-order valence-electron chi connectivity index (χ3n) is 6.83. The highest BCUT2D eigenvalue weighted by atomic mass is 32.1. The molecule has 2 fully saturated rings. The number of nitrogens with zero attached hydrogens (tertiary/aromatic N) is 4. The Labute approximate surface area is 204 Å². The van der Waals surface area contributed by atoms with Crippen molar-refractivity contribution in [1.82, 2.24) is 25.5 Å². The molecule has 11 heteroatoms. The third kappa shape index (κ3) is 5.14. The Morgan fingerprint density at radius 3 is 2.66 bits per heavy atom. The van der Waals surface area contributed by atoms with E-state index < -0.39 is 11.8 Å². The maximum absolute atomic E-state index is 14.3. The Kier molecular flexibility index (Phi) is 6.43. The molecule has 1 unspecified atom stereocenters. The number of thiazole rings is 1. The van der Waals surface area contributed by atoms with Gasteiger partial charge in [0, 0.05) is 48.0 Å². The molecule has 0 radical (unpaired) electrons. The van der Waals surface area contributed by atoms with Crippen LogP contribution in [0.2, 0.25) is 0 Å². The molecule has 1 amide bonds. The molecule has 184 valence electrons. The lowest BCUT2D eigenvalue weighted by molar-refractivity contribution is -0.125. The number of alkyl halides is 2. The topological polar surface area (TPSA) is 92.7 Å². The van der Waals surface area contributed by atoms with Crippen molar-refractivity contribution in [1.29, 1.82) is 0 Å². The molecule has 2 aliphatic rings. The van der Waals surface area contributed by atoms with E-state index in [0.29, 0.717) is 28.8 Å². The number of hydrogen-bond donors (Lipinski definition) is 2. The first kappa shape index (κ1) is 23.7. The van der Waals surface area contributed by atoms with Crippen LogP contribution in [0.4, 0.5) is 19.0 Å². The average Bonchev–Trinajstić information content (AvgIpc) is 3.44. The molecule has 0 bridgehead atoms. The van der Waals surface area contributed by atoms with E-state index in [1.165, 1.54) is 17.4 Å². The molecular weight excluding hydrogens is 477 g/mol. The molecule has 3 aromatic rings. The summed E-state index contributed by atoms with van der Waals surface area (Å²) in [5, 5.41) is 15.1. The molecule has 1 atom stereocenters. The van der Waals surface area contributed by atoms with Gasteiger partial charge in [-0.2, -0.15) is 0 Å². The number of anilines is 1. The van der Waals surface area contributed by atoms with Crippen molar-refractivity contribution in [2.75, 3.05) is 11.9 Å². The molecule has 2 saturated carbocycles. The van der Waals surface area contributed by atoms with Crippen molar-refractivity contribution < 1.29 is 18.0 Å². The molecule has 3 heterocycles. The van der Waals surface area contributed by atoms with Gasteiger partial charge in [0.2, 0.25) is 11.8 Å². The number of amides is 1. The third-order valence-corrected chi connectivity index (χ3v) is 7.85. The Hall–Kier alpha value is -3.08. The highest BCUT2D eigenvalue weighted by molar-refractivity contribution is 7.15. The fourth-order valence-corrected chi connectivity index (χ4v) is 5.49. The summed E-state index contributed by atoms with van der Waals surface area (Å²) in [6.07, 6.45) is 5.60. The normalized spacial score (nSPS) is 20.3. The minimum absolute atomic E-state index is 0.209. The minimum Gasteiger partial charge on any atom is -0.368 e. The van der Waals surface area contributed by atoms with Crippen molar-refractivity contribution in [2.45, 2.75) is 56.4 Å². The number of aromatic nitrogens is 4. The summed E-state index contributed by atoms with van der Waals surface area (Å²) >= 11 is 1.36. The van der Waals surface area contributed by atoms with Gasteiger partial charge in [-0.15, -0.1) is 21.5 Å². The summed E-state index contributed by atoms with van der Waals surface area (Å²) in [5.74, 6) is -3.44. The maximum Gasteiger partial charge on any atom is 0.248 e. The van der Waals surface area contributed by atoms with Gasteiger partial charge in [0.15, 0.2) is 0 Å². The van der Waals surface area contributed by atoms with Gasteiger partial charge >= 0.3 is 0 Å². The summed E-state index contributed by atoms with van der Waals surface area (Å²) in [4.78, 5) is 21.6. The van der Waals surface area contributed by atoms with E-state index in [1.54, 1.807) is 30.6 Å². The van der Waals surface area contributed by atoms with Gasteiger partial charge in [-0.1, -0.05) is 6.42 Å². The average molecular weight is 503 g/mol. The SMILES string of the molecule is O=C(NCc1cnc(-c2ccc(NCC3(c4ncccc4F)CCC3)nn2)s1)C1CCC(F)(F)C1. The molecule has 35 heavy (non-hydrogen) atoms. The maximum atomic E-state index is 14.3.